The van der Waals surface area contributed by atoms with Gasteiger partial charge in [-0.05, 0) is 65.5 Å². The molecule has 5 nitrogen and oxygen atoms in total. The standard InChI is InChI=1S/C18H32N2O3/c1-4-16-8-6-7-11-20(16)17(21)14(3)19-12-9-15(10-13-19)18(22)23-5-2/h14-16H,4-13H2,1-3H3. The molecule has 23 heavy (non-hydrogen) atoms. The van der Waals surface area contributed by atoms with E-state index in [1.807, 2.05) is 13.8 Å². The zero-order chi connectivity index (χ0) is 16.8. The van der Waals surface area contributed by atoms with Gasteiger partial charge in [-0.15, -0.1) is 0 Å². The van der Waals surface area contributed by atoms with Gasteiger partial charge in [0.15, 0.2) is 0 Å². The number of rotatable bonds is 5. The fourth-order valence-corrected chi connectivity index (χ4v) is 3.89. The third kappa shape index (κ3) is 4.46. The van der Waals surface area contributed by atoms with Crippen LogP contribution in [0.25, 0.3) is 0 Å². The van der Waals surface area contributed by atoms with Crippen LogP contribution in [0.1, 0.15) is 59.3 Å². The van der Waals surface area contributed by atoms with Gasteiger partial charge in [-0.1, -0.05) is 6.92 Å². The molecular weight excluding hydrogens is 292 g/mol. The van der Waals surface area contributed by atoms with E-state index in [1.165, 1.54) is 6.42 Å². The van der Waals surface area contributed by atoms with Crippen LogP contribution < -0.4 is 0 Å². The van der Waals surface area contributed by atoms with Crippen molar-refractivity contribution in [2.45, 2.75) is 71.4 Å². The fraction of sp³-hybridized carbons (Fsp3) is 0.889. The van der Waals surface area contributed by atoms with E-state index in [4.69, 9.17) is 4.74 Å². The zero-order valence-corrected chi connectivity index (χ0v) is 14.9. The second-order valence-corrected chi connectivity index (χ2v) is 6.83. The smallest absolute Gasteiger partial charge is 0.309 e. The number of piperidine rings is 2. The molecule has 0 N–H and O–H groups in total. The van der Waals surface area contributed by atoms with Crippen LogP contribution in [0.15, 0.2) is 0 Å². The maximum absolute atomic E-state index is 12.9. The quantitative estimate of drug-likeness (QED) is 0.729. The van der Waals surface area contributed by atoms with Crippen molar-refractivity contribution >= 4 is 11.9 Å². The number of hydrogen-bond acceptors (Lipinski definition) is 4. The minimum Gasteiger partial charge on any atom is -0.466 e. The van der Waals surface area contributed by atoms with E-state index < -0.39 is 0 Å². The Kier molecular flexibility index (Phi) is 6.88. The van der Waals surface area contributed by atoms with E-state index in [2.05, 4.69) is 16.7 Å². The van der Waals surface area contributed by atoms with Gasteiger partial charge in [0.1, 0.15) is 0 Å². The Balaban J connectivity index is 1.87. The summed E-state index contributed by atoms with van der Waals surface area (Å²) < 4.78 is 5.12. The third-order valence-corrected chi connectivity index (χ3v) is 5.44. The number of nitrogens with zero attached hydrogens (tertiary/aromatic N) is 2. The molecule has 1 amide bonds. The summed E-state index contributed by atoms with van der Waals surface area (Å²) in [6.07, 6.45) is 6.14. The van der Waals surface area contributed by atoms with Crippen LogP contribution in [0.3, 0.4) is 0 Å². The molecule has 0 aromatic carbocycles. The summed E-state index contributed by atoms with van der Waals surface area (Å²) in [4.78, 5) is 29.0. The van der Waals surface area contributed by atoms with E-state index in [-0.39, 0.29) is 23.8 Å². The lowest BCUT2D eigenvalue weighted by Crippen LogP contribution is -2.54. The van der Waals surface area contributed by atoms with Crippen LogP contribution in [0.5, 0.6) is 0 Å². The molecule has 0 aliphatic carbocycles. The summed E-state index contributed by atoms with van der Waals surface area (Å²) in [5, 5.41) is 0. The van der Waals surface area contributed by atoms with Gasteiger partial charge < -0.3 is 9.64 Å². The first-order valence-electron chi connectivity index (χ1n) is 9.29. The molecule has 5 heteroatoms. The first kappa shape index (κ1) is 18.2. The highest BCUT2D eigenvalue weighted by atomic mass is 16.5. The highest BCUT2D eigenvalue weighted by Gasteiger charge is 2.34. The summed E-state index contributed by atoms with van der Waals surface area (Å²) in [6.45, 7) is 9.00. The van der Waals surface area contributed by atoms with Crippen LogP contribution in [0.4, 0.5) is 0 Å². The maximum atomic E-state index is 12.9. The molecule has 132 valence electrons. The van der Waals surface area contributed by atoms with E-state index in [1.54, 1.807) is 0 Å². The van der Waals surface area contributed by atoms with Crippen LogP contribution in [-0.4, -0.2) is 60.0 Å². The average molecular weight is 324 g/mol. The molecule has 0 bridgehead atoms. The molecule has 0 saturated carbocycles. The Morgan fingerprint density at radius 3 is 2.39 bits per heavy atom. The van der Waals surface area contributed by atoms with Crippen LogP contribution >= 0.6 is 0 Å². The first-order valence-corrected chi connectivity index (χ1v) is 9.29. The highest BCUT2D eigenvalue weighted by molar-refractivity contribution is 5.82. The van der Waals surface area contributed by atoms with Gasteiger partial charge in [0.2, 0.25) is 5.91 Å². The van der Waals surface area contributed by atoms with Crippen LogP contribution in [0.2, 0.25) is 0 Å². The van der Waals surface area contributed by atoms with Crippen molar-refractivity contribution in [3.05, 3.63) is 0 Å². The monoisotopic (exact) mass is 324 g/mol. The molecule has 2 unspecified atom stereocenters. The molecule has 2 rings (SSSR count). The van der Waals surface area contributed by atoms with Crippen LogP contribution in [0, 0.1) is 5.92 Å². The largest absolute Gasteiger partial charge is 0.466 e. The van der Waals surface area contributed by atoms with E-state index >= 15 is 0 Å². The van der Waals surface area contributed by atoms with Crippen LogP contribution in [-0.2, 0) is 14.3 Å². The average Bonchev–Trinajstić information content (AvgIpc) is 2.60. The molecule has 2 aliphatic rings. The van der Waals surface area contributed by atoms with Crippen molar-refractivity contribution < 1.29 is 14.3 Å². The second-order valence-electron chi connectivity index (χ2n) is 6.83. The van der Waals surface area contributed by atoms with E-state index in [0.717, 1.165) is 51.7 Å². The molecule has 0 aromatic rings. The number of carbonyl (C=O) groups is 2. The molecule has 0 aromatic heterocycles. The number of hydrogen-bond donors (Lipinski definition) is 0. The Hall–Kier alpha value is -1.10. The molecule has 0 radical (unpaired) electrons. The fourth-order valence-electron chi connectivity index (χ4n) is 3.89. The van der Waals surface area contributed by atoms with Crippen molar-refractivity contribution in [1.82, 2.24) is 9.80 Å². The number of amides is 1. The third-order valence-electron chi connectivity index (χ3n) is 5.44. The van der Waals surface area contributed by atoms with Crippen molar-refractivity contribution in [3.63, 3.8) is 0 Å². The predicted molar refractivity (Wildman–Crippen MR) is 90.0 cm³/mol. The van der Waals surface area contributed by atoms with E-state index in [0.29, 0.717) is 12.6 Å². The van der Waals surface area contributed by atoms with Crippen molar-refractivity contribution in [3.8, 4) is 0 Å². The van der Waals surface area contributed by atoms with Gasteiger partial charge in [-0.3, -0.25) is 14.5 Å². The van der Waals surface area contributed by atoms with E-state index in [9.17, 15) is 9.59 Å². The number of esters is 1. The van der Waals surface area contributed by atoms with Gasteiger partial charge in [0.25, 0.3) is 0 Å². The molecule has 2 aliphatic heterocycles. The summed E-state index contributed by atoms with van der Waals surface area (Å²) >= 11 is 0. The SMILES string of the molecule is CCOC(=O)C1CCN(C(C)C(=O)N2CCCCC2CC)CC1. The van der Waals surface area contributed by atoms with Crippen molar-refractivity contribution in [2.24, 2.45) is 5.92 Å². The molecule has 2 heterocycles. The Labute approximate surface area is 140 Å². The summed E-state index contributed by atoms with van der Waals surface area (Å²) in [6, 6.07) is 0.334. The van der Waals surface area contributed by atoms with Crippen molar-refractivity contribution in [2.75, 3.05) is 26.2 Å². The molecule has 2 saturated heterocycles. The predicted octanol–water partition coefficient (Wildman–Crippen LogP) is 2.44. The van der Waals surface area contributed by atoms with Gasteiger partial charge in [0.05, 0.1) is 18.6 Å². The summed E-state index contributed by atoms with van der Waals surface area (Å²) in [5.74, 6) is 0.200. The highest BCUT2D eigenvalue weighted by Crippen LogP contribution is 2.24. The van der Waals surface area contributed by atoms with Gasteiger partial charge >= 0.3 is 5.97 Å². The van der Waals surface area contributed by atoms with Gasteiger partial charge in [-0.2, -0.15) is 0 Å². The number of likely N-dealkylation sites (tertiary alicyclic amines) is 2. The second kappa shape index (κ2) is 8.67. The number of carbonyl (C=O) groups excluding carboxylic acids is 2. The minimum absolute atomic E-state index is 0.00637. The summed E-state index contributed by atoms with van der Waals surface area (Å²) in [7, 11) is 0. The van der Waals surface area contributed by atoms with Crippen molar-refractivity contribution in [1.29, 1.82) is 0 Å². The molecule has 2 atom stereocenters. The van der Waals surface area contributed by atoms with Gasteiger partial charge in [-0.25, -0.2) is 0 Å². The molecule has 2 fully saturated rings. The topological polar surface area (TPSA) is 49.9 Å². The summed E-state index contributed by atoms with van der Waals surface area (Å²) in [5.41, 5.74) is 0. The Morgan fingerprint density at radius 2 is 1.78 bits per heavy atom. The number of ether oxygens (including phenoxy) is 1. The maximum Gasteiger partial charge on any atom is 0.309 e. The van der Waals surface area contributed by atoms with Gasteiger partial charge in [0, 0.05) is 12.6 Å². The first-order chi connectivity index (χ1) is 11.1. The lowest BCUT2D eigenvalue weighted by Gasteiger charge is -2.41. The molecule has 0 spiro atoms. The lowest BCUT2D eigenvalue weighted by atomic mass is 9.95. The normalized spacial score (nSPS) is 25.2. The Morgan fingerprint density at radius 1 is 1.09 bits per heavy atom. The Bertz CT molecular complexity index is 405. The zero-order valence-electron chi connectivity index (χ0n) is 14.9. The lowest BCUT2D eigenvalue weighted by molar-refractivity contribution is -0.150. The minimum atomic E-state index is -0.0784. The molecular formula is C18H32N2O3.